The highest BCUT2D eigenvalue weighted by molar-refractivity contribution is 4.95. The van der Waals surface area contributed by atoms with Gasteiger partial charge in [0.1, 0.15) is 5.82 Å². The van der Waals surface area contributed by atoms with E-state index in [1.54, 1.807) is 0 Å². The van der Waals surface area contributed by atoms with Crippen molar-refractivity contribution < 1.29 is 0 Å². The van der Waals surface area contributed by atoms with Crippen LogP contribution in [0.3, 0.4) is 0 Å². The smallest absolute Gasteiger partial charge is 0.107 e. The van der Waals surface area contributed by atoms with Gasteiger partial charge in [-0.25, -0.2) is 4.98 Å². The standard InChI is InChI=1S/C17H29N3/c1-2-18-16(12-17-19-9-10-20-17)15-8-7-13-5-3-4-6-14(13)11-15/h9-10,13-16,18H,2-8,11-12H2,1H3,(H,19,20). The highest BCUT2D eigenvalue weighted by Gasteiger charge is 2.35. The Bertz CT molecular complexity index is 387. The average molecular weight is 275 g/mol. The molecule has 1 aromatic heterocycles. The van der Waals surface area contributed by atoms with Crippen LogP contribution in [0.2, 0.25) is 0 Å². The van der Waals surface area contributed by atoms with Crippen molar-refractivity contribution in [2.45, 2.75) is 64.3 Å². The second-order valence-electron chi connectivity index (χ2n) is 6.78. The average Bonchev–Trinajstić information content (AvgIpc) is 2.99. The number of hydrogen-bond donors (Lipinski definition) is 2. The minimum absolute atomic E-state index is 0.606. The van der Waals surface area contributed by atoms with Crippen LogP contribution < -0.4 is 5.32 Å². The Morgan fingerprint density at radius 3 is 2.85 bits per heavy atom. The van der Waals surface area contributed by atoms with Crippen molar-refractivity contribution in [1.29, 1.82) is 0 Å². The lowest BCUT2D eigenvalue weighted by Crippen LogP contribution is -2.42. The number of nitrogens with one attached hydrogen (secondary N) is 2. The fraction of sp³-hybridized carbons (Fsp3) is 0.824. The van der Waals surface area contributed by atoms with E-state index in [0.717, 1.165) is 36.5 Å². The molecule has 3 heteroatoms. The molecule has 0 bridgehead atoms. The lowest BCUT2D eigenvalue weighted by atomic mass is 9.66. The first kappa shape index (κ1) is 14.1. The van der Waals surface area contributed by atoms with E-state index in [9.17, 15) is 0 Å². The summed E-state index contributed by atoms with van der Waals surface area (Å²) in [7, 11) is 0. The number of H-pyrrole nitrogens is 1. The van der Waals surface area contributed by atoms with Crippen molar-refractivity contribution in [3.63, 3.8) is 0 Å². The topological polar surface area (TPSA) is 40.7 Å². The Morgan fingerprint density at radius 1 is 1.25 bits per heavy atom. The molecule has 0 aliphatic heterocycles. The van der Waals surface area contributed by atoms with Gasteiger partial charge in [0.2, 0.25) is 0 Å². The number of imidazole rings is 1. The van der Waals surface area contributed by atoms with Crippen molar-refractivity contribution in [1.82, 2.24) is 15.3 Å². The normalized spacial score (nSPS) is 31.8. The number of fused-ring (bicyclic) bond motifs is 1. The Kier molecular flexibility index (Phi) is 4.77. The first-order chi connectivity index (χ1) is 9.86. The molecule has 112 valence electrons. The molecule has 1 heterocycles. The third kappa shape index (κ3) is 3.25. The van der Waals surface area contributed by atoms with Crippen LogP contribution in [0.25, 0.3) is 0 Å². The first-order valence-corrected chi connectivity index (χ1v) is 8.58. The van der Waals surface area contributed by atoms with Crippen LogP contribution in [0.5, 0.6) is 0 Å². The molecule has 0 saturated heterocycles. The molecule has 3 nitrogen and oxygen atoms in total. The van der Waals surface area contributed by atoms with E-state index in [1.807, 2.05) is 12.4 Å². The van der Waals surface area contributed by atoms with Gasteiger partial charge >= 0.3 is 0 Å². The zero-order valence-electron chi connectivity index (χ0n) is 12.8. The quantitative estimate of drug-likeness (QED) is 0.863. The minimum atomic E-state index is 0.606. The summed E-state index contributed by atoms with van der Waals surface area (Å²) >= 11 is 0. The van der Waals surface area contributed by atoms with Crippen LogP contribution in [0.1, 0.15) is 57.7 Å². The molecule has 0 radical (unpaired) electrons. The molecule has 0 amide bonds. The van der Waals surface area contributed by atoms with Crippen LogP contribution in [-0.2, 0) is 6.42 Å². The van der Waals surface area contributed by atoms with Gasteiger partial charge in [-0.3, -0.25) is 0 Å². The Labute approximate surface area is 123 Å². The number of nitrogens with zero attached hydrogens (tertiary/aromatic N) is 1. The Hall–Kier alpha value is -0.830. The van der Waals surface area contributed by atoms with Crippen molar-refractivity contribution >= 4 is 0 Å². The van der Waals surface area contributed by atoms with Gasteiger partial charge in [-0.2, -0.15) is 0 Å². The zero-order valence-corrected chi connectivity index (χ0v) is 12.8. The summed E-state index contributed by atoms with van der Waals surface area (Å²) in [4.78, 5) is 7.69. The number of hydrogen-bond acceptors (Lipinski definition) is 2. The molecule has 2 fully saturated rings. The number of aromatic nitrogens is 2. The van der Waals surface area contributed by atoms with Gasteiger partial charge in [-0.15, -0.1) is 0 Å². The molecule has 2 aliphatic rings. The summed E-state index contributed by atoms with van der Waals surface area (Å²) in [5, 5.41) is 3.73. The van der Waals surface area contributed by atoms with Gasteiger partial charge in [0, 0.05) is 24.9 Å². The lowest BCUT2D eigenvalue weighted by Gasteiger charge is -2.42. The van der Waals surface area contributed by atoms with Gasteiger partial charge < -0.3 is 10.3 Å². The number of aromatic amines is 1. The fourth-order valence-corrected chi connectivity index (χ4v) is 4.56. The number of likely N-dealkylation sites (N-methyl/N-ethyl adjacent to an activating group) is 1. The van der Waals surface area contributed by atoms with Gasteiger partial charge in [-0.1, -0.05) is 32.6 Å². The minimum Gasteiger partial charge on any atom is -0.349 e. The molecular weight excluding hydrogens is 246 g/mol. The van der Waals surface area contributed by atoms with Gasteiger partial charge in [0.15, 0.2) is 0 Å². The zero-order chi connectivity index (χ0) is 13.8. The van der Waals surface area contributed by atoms with E-state index in [2.05, 4.69) is 22.2 Å². The van der Waals surface area contributed by atoms with Crippen molar-refractivity contribution in [3.8, 4) is 0 Å². The van der Waals surface area contributed by atoms with Crippen molar-refractivity contribution in [2.75, 3.05) is 6.54 Å². The highest BCUT2D eigenvalue weighted by Crippen LogP contribution is 2.43. The van der Waals surface area contributed by atoms with Gasteiger partial charge in [-0.05, 0) is 43.6 Å². The molecule has 0 spiro atoms. The maximum absolute atomic E-state index is 4.42. The molecule has 4 atom stereocenters. The third-order valence-electron chi connectivity index (χ3n) is 5.58. The Balaban J connectivity index is 1.62. The SMILES string of the molecule is CCNC(Cc1ncc[nH]1)C1CCC2CCCCC2C1. The predicted molar refractivity (Wildman–Crippen MR) is 82.5 cm³/mol. The fourth-order valence-electron chi connectivity index (χ4n) is 4.56. The molecule has 2 saturated carbocycles. The molecular formula is C17H29N3. The van der Waals surface area contributed by atoms with Crippen LogP contribution >= 0.6 is 0 Å². The summed E-state index contributed by atoms with van der Waals surface area (Å²) in [6.07, 6.45) is 15.1. The van der Waals surface area contributed by atoms with Crippen molar-refractivity contribution in [3.05, 3.63) is 18.2 Å². The van der Waals surface area contributed by atoms with Crippen LogP contribution in [0.4, 0.5) is 0 Å². The highest BCUT2D eigenvalue weighted by atomic mass is 14.9. The summed E-state index contributed by atoms with van der Waals surface area (Å²) in [6, 6.07) is 0.606. The summed E-state index contributed by atoms with van der Waals surface area (Å²) in [5.41, 5.74) is 0. The van der Waals surface area contributed by atoms with Crippen LogP contribution in [0.15, 0.2) is 12.4 Å². The third-order valence-corrected chi connectivity index (χ3v) is 5.58. The lowest BCUT2D eigenvalue weighted by molar-refractivity contribution is 0.109. The van der Waals surface area contributed by atoms with E-state index in [4.69, 9.17) is 0 Å². The molecule has 1 aromatic rings. The molecule has 4 unspecified atom stereocenters. The maximum atomic E-state index is 4.42. The Morgan fingerprint density at radius 2 is 2.10 bits per heavy atom. The molecule has 0 aromatic carbocycles. The van der Waals surface area contributed by atoms with Gasteiger partial charge in [0.05, 0.1) is 0 Å². The maximum Gasteiger partial charge on any atom is 0.107 e. The monoisotopic (exact) mass is 275 g/mol. The summed E-state index contributed by atoms with van der Waals surface area (Å²) in [5.74, 6) is 4.05. The van der Waals surface area contributed by atoms with Crippen LogP contribution in [0, 0.1) is 17.8 Å². The van der Waals surface area contributed by atoms with Gasteiger partial charge in [0.25, 0.3) is 0 Å². The van der Waals surface area contributed by atoms with E-state index >= 15 is 0 Å². The van der Waals surface area contributed by atoms with Crippen molar-refractivity contribution in [2.24, 2.45) is 17.8 Å². The second kappa shape index (κ2) is 6.75. The molecule has 2 N–H and O–H groups in total. The number of rotatable bonds is 5. The van der Waals surface area contributed by atoms with Crippen LogP contribution in [-0.4, -0.2) is 22.6 Å². The second-order valence-corrected chi connectivity index (χ2v) is 6.78. The molecule has 3 rings (SSSR count). The predicted octanol–water partition coefficient (Wildman–Crippen LogP) is 3.54. The largest absolute Gasteiger partial charge is 0.349 e. The summed E-state index contributed by atoms with van der Waals surface area (Å²) in [6.45, 7) is 3.29. The van der Waals surface area contributed by atoms with E-state index in [1.165, 1.54) is 44.9 Å². The van der Waals surface area contributed by atoms with E-state index in [0.29, 0.717) is 6.04 Å². The first-order valence-electron chi connectivity index (χ1n) is 8.58. The van der Waals surface area contributed by atoms with E-state index < -0.39 is 0 Å². The molecule has 2 aliphatic carbocycles. The summed E-state index contributed by atoms with van der Waals surface area (Å²) < 4.78 is 0. The van der Waals surface area contributed by atoms with E-state index in [-0.39, 0.29) is 0 Å². The molecule has 20 heavy (non-hydrogen) atoms.